The van der Waals surface area contributed by atoms with Gasteiger partial charge in [0, 0.05) is 24.6 Å². The molecule has 0 fully saturated rings. The van der Waals surface area contributed by atoms with Gasteiger partial charge in [0.25, 0.3) is 5.88 Å². The Labute approximate surface area is 113 Å². The van der Waals surface area contributed by atoms with E-state index in [0.717, 1.165) is 5.69 Å². The third kappa shape index (κ3) is 2.59. The maximum absolute atomic E-state index is 11.9. The summed E-state index contributed by atoms with van der Waals surface area (Å²) in [5.74, 6) is 0.518. The smallest absolute Gasteiger partial charge is 0.313 e. The molecule has 5 nitrogen and oxygen atoms in total. The zero-order valence-corrected chi connectivity index (χ0v) is 11.6. The molecule has 0 aliphatic rings. The van der Waals surface area contributed by atoms with Crippen LogP contribution in [0.5, 0.6) is 11.6 Å². The second-order valence-corrected chi connectivity index (χ2v) is 4.42. The summed E-state index contributed by atoms with van der Waals surface area (Å²) < 4.78 is 7.56. The van der Waals surface area contributed by atoms with E-state index in [1.54, 1.807) is 18.3 Å². The number of halogens is 1. The fourth-order valence-corrected chi connectivity index (χ4v) is 1.93. The number of nitrogens with zero attached hydrogens (tertiary/aromatic N) is 3. The average Bonchev–Trinajstić information content (AvgIpc) is 2.35. The van der Waals surface area contributed by atoms with E-state index < -0.39 is 0 Å². The molecular weight excluding hydrogens is 298 g/mol. The van der Waals surface area contributed by atoms with Gasteiger partial charge >= 0.3 is 5.56 Å². The van der Waals surface area contributed by atoms with Crippen LogP contribution in [0, 0.1) is 6.92 Å². The summed E-state index contributed by atoms with van der Waals surface area (Å²) in [5, 5.41) is 0. The van der Waals surface area contributed by atoms with Crippen LogP contribution >= 0.6 is 15.9 Å². The third-order valence-corrected chi connectivity index (χ3v) is 2.95. The maximum Gasteiger partial charge on any atom is 0.313 e. The van der Waals surface area contributed by atoms with E-state index in [9.17, 15) is 4.79 Å². The molecule has 0 saturated heterocycles. The minimum atomic E-state index is -0.257. The highest BCUT2D eigenvalue weighted by Gasteiger charge is 2.09. The summed E-state index contributed by atoms with van der Waals surface area (Å²) in [6.45, 7) is 4.33. The van der Waals surface area contributed by atoms with Gasteiger partial charge in [-0.1, -0.05) is 0 Å². The van der Waals surface area contributed by atoms with Gasteiger partial charge in [0.2, 0.25) is 0 Å². The number of aryl methyl sites for hydroxylation is 2. The Balaban J connectivity index is 2.37. The standard InChI is InChI=1S/C12H12BrN3O2/c1-3-16-7-6-14-11(12(16)17)18-9-5-4-8(2)15-10(9)13/h4-7H,3H2,1-2H3. The number of aromatic nitrogens is 3. The summed E-state index contributed by atoms with van der Waals surface area (Å²) >= 11 is 3.29. The lowest BCUT2D eigenvalue weighted by Gasteiger charge is -2.07. The highest BCUT2D eigenvalue weighted by Crippen LogP contribution is 2.25. The lowest BCUT2D eigenvalue weighted by Crippen LogP contribution is -2.20. The fourth-order valence-electron chi connectivity index (χ4n) is 1.44. The second kappa shape index (κ2) is 5.30. The largest absolute Gasteiger partial charge is 0.432 e. The molecule has 6 heteroatoms. The molecule has 2 aromatic rings. The maximum atomic E-state index is 11.9. The van der Waals surface area contributed by atoms with Crippen LogP contribution in [0.25, 0.3) is 0 Å². The van der Waals surface area contributed by atoms with E-state index in [1.807, 2.05) is 13.8 Å². The Morgan fingerprint density at radius 3 is 2.89 bits per heavy atom. The van der Waals surface area contributed by atoms with Gasteiger partial charge in [-0.2, -0.15) is 0 Å². The molecule has 18 heavy (non-hydrogen) atoms. The van der Waals surface area contributed by atoms with E-state index in [4.69, 9.17) is 4.74 Å². The summed E-state index contributed by atoms with van der Waals surface area (Å²) in [5.41, 5.74) is 0.605. The van der Waals surface area contributed by atoms with Crippen LogP contribution in [0.4, 0.5) is 0 Å². The number of rotatable bonds is 3. The van der Waals surface area contributed by atoms with Crippen molar-refractivity contribution in [2.24, 2.45) is 0 Å². The summed E-state index contributed by atoms with van der Waals surface area (Å²) in [6, 6.07) is 3.55. The first-order chi connectivity index (χ1) is 8.61. The van der Waals surface area contributed by atoms with Gasteiger partial charge in [-0.3, -0.25) is 4.79 Å². The van der Waals surface area contributed by atoms with Crippen molar-refractivity contribution < 1.29 is 4.74 Å². The monoisotopic (exact) mass is 309 g/mol. The second-order valence-electron chi connectivity index (χ2n) is 3.67. The number of hydrogen-bond acceptors (Lipinski definition) is 4. The molecule has 2 aromatic heterocycles. The molecule has 0 saturated carbocycles. The molecule has 0 amide bonds. The van der Waals surface area contributed by atoms with E-state index in [-0.39, 0.29) is 11.4 Å². The van der Waals surface area contributed by atoms with E-state index in [0.29, 0.717) is 16.9 Å². The molecule has 0 spiro atoms. The Kier molecular flexibility index (Phi) is 3.76. The quantitative estimate of drug-likeness (QED) is 0.818. The highest BCUT2D eigenvalue weighted by atomic mass is 79.9. The van der Waals surface area contributed by atoms with Crippen molar-refractivity contribution >= 4 is 15.9 Å². The van der Waals surface area contributed by atoms with Crippen LogP contribution < -0.4 is 10.3 Å². The van der Waals surface area contributed by atoms with Crippen LogP contribution in [0.1, 0.15) is 12.6 Å². The Bertz CT molecular complexity index is 625. The lowest BCUT2D eigenvalue weighted by atomic mass is 10.4. The first kappa shape index (κ1) is 12.8. The third-order valence-electron chi connectivity index (χ3n) is 2.38. The molecule has 94 valence electrons. The molecule has 2 rings (SSSR count). The summed E-state index contributed by atoms with van der Waals surface area (Å²) in [4.78, 5) is 20.1. The first-order valence-corrected chi connectivity index (χ1v) is 6.27. The predicted molar refractivity (Wildman–Crippen MR) is 70.9 cm³/mol. The first-order valence-electron chi connectivity index (χ1n) is 5.48. The topological polar surface area (TPSA) is 57.0 Å². The number of ether oxygens (including phenoxy) is 1. The lowest BCUT2D eigenvalue weighted by molar-refractivity contribution is 0.440. The van der Waals surface area contributed by atoms with Crippen molar-refractivity contribution in [3.8, 4) is 11.6 Å². The van der Waals surface area contributed by atoms with Gasteiger partial charge in [-0.15, -0.1) is 0 Å². The van der Waals surface area contributed by atoms with E-state index in [2.05, 4.69) is 25.9 Å². The van der Waals surface area contributed by atoms with Gasteiger partial charge in [-0.25, -0.2) is 9.97 Å². The van der Waals surface area contributed by atoms with E-state index >= 15 is 0 Å². The van der Waals surface area contributed by atoms with Crippen LogP contribution in [0.15, 0.2) is 33.9 Å². The van der Waals surface area contributed by atoms with Crippen molar-refractivity contribution in [1.29, 1.82) is 0 Å². The number of pyridine rings is 1. The van der Waals surface area contributed by atoms with E-state index in [1.165, 1.54) is 10.8 Å². The molecule has 0 aliphatic carbocycles. The van der Waals surface area contributed by atoms with Gasteiger partial charge in [0.15, 0.2) is 5.75 Å². The molecule has 0 bridgehead atoms. The van der Waals surface area contributed by atoms with Gasteiger partial charge < -0.3 is 9.30 Å². The molecule has 0 atom stereocenters. The van der Waals surface area contributed by atoms with Crippen molar-refractivity contribution in [2.45, 2.75) is 20.4 Å². The Hall–Kier alpha value is -1.69. The van der Waals surface area contributed by atoms with Crippen LogP contribution in [0.2, 0.25) is 0 Å². The normalized spacial score (nSPS) is 10.4. The van der Waals surface area contributed by atoms with Crippen LogP contribution in [0.3, 0.4) is 0 Å². The van der Waals surface area contributed by atoms with Crippen molar-refractivity contribution in [3.05, 3.63) is 45.2 Å². The highest BCUT2D eigenvalue weighted by molar-refractivity contribution is 9.10. The SMILES string of the molecule is CCn1ccnc(Oc2ccc(C)nc2Br)c1=O. The zero-order chi connectivity index (χ0) is 13.1. The zero-order valence-electron chi connectivity index (χ0n) is 10.1. The van der Waals surface area contributed by atoms with Crippen LogP contribution in [-0.2, 0) is 6.54 Å². The van der Waals surface area contributed by atoms with Crippen molar-refractivity contribution in [1.82, 2.24) is 14.5 Å². The van der Waals surface area contributed by atoms with Gasteiger partial charge in [0.1, 0.15) is 4.60 Å². The Morgan fingerprint density at radius 1 is 1.44 bits per heavy atom. The molecule has 0 aliphatic heterocycles. The number of hydrogen-bond donors (Lipinski definition) is 0. The molecule has 0 N–H and O–H groups in total. The molecule has 0 aromatic carbocycles. The fraction of sp³-hybridized carbons (Fsp3) is 0.250. The molecular formula is C12H12BrN3O2. The molecule has 0 unspecified atom stereocenters. The van der Waals surface area contributed by atoms with Crippen molar-refractivity contribution in [3.63, 3.8) is 0 Å². The summed E-state index contributed by atoms with van der Waals surface area (Å²) in [7, 11) is 0. The van der Waals surface area contributed by atoms with Crippen molar-refractivity contribution in [2.75, 3.05) is 0 Å². The minimum Gasteiger partial charge on any atom is -0.432 e. The minimum absolute atomic E-state index is 0.0469. The average molecular weight is 310 g/mol. The van der Waals surface area contributed by atoms with Gasteiger partial charge in [0.05, 0.1) is 0 Å². The van der Waals surface area contributed by atoms with Gasteiger partial charge in [-0.05, 0) is 41.9 Å². The molecule has 2 heterocycles. The predicted octanol–water partition coefficient (Wildman–Crippen LogP) is 2.52. The summed E-state index contributed by atoms with van der Waals surface area (Å²) in [6.07, 6.45) is 3.16. The Morgan fingerprint density at radius 2 is 2.22 bits per heavy atom. The molecule has 0 radical (unpaired) electrons. The van der Waals surface area contributed by atoms with Crippen LogP contribution in [-0.4, -0.2) is 14.5 Å².